The van der Waals surface area contributed by atoms with Crippen molar-refractivity contribution in [3.8, 4) is 0 Å². The van der Waals surface area contributed by atoms with Gasteiger partial charge in [0.2, 0.25) is 0 Å². The van der Waals surface area contributed by atoms with Crippen molar-refractivity contribution in [1.29, 1.82) is 0 Å². The first-order valence-electron chi connectivity index (χ1n) is 11.0. The number of anilines is 2. The van der Waals surface area contributed by atoms with E-state index in [0.29, 0.717) is 27.3 Å². The van der Waals surface area contributed by atoms with Crippen molar-refractivity contribution in [3.05, 3.63) is 93.6 Å². The molecule has 0 aliphatic heterocycles. The number of amides is 3. The SMILES string of the molecule is Cc1ccc(NC(=O)c2cc3cc(Cl)ccc3n2NC(=O)C(=O)Nc2cc(C)ccc2C)c(C)c1. The van der Waals surface area contributed by atoms with Crippen molar-refractivity contribution in [2.45, 2.75) is 27.7 Å². The van der Waals surface area contributed by atoms with E-state index in [9.17, 15) is 14.4 Å². The first-order chi connectivity index (χ1) is 16.6. The van der Waals surface area contributed by atoms with Crippen molar-refractivity contribution < 1.29 is 14.4 Å². The van der Waals surface area contributed by atoms with Gasteiger partial charge in [0.05, 0.1) is 5.52 Å². The van der Waals surface area contributed by atoms with Gasteiger partial charge in [-0.05, 0) is 80.8 Å². The van der Waals surface area contributed by atoms with E-state index in [-0.39, 0.29) is 5.69 Å². The van der Waals surface area contributed by atoms with Gasteiger partial charge in [-0.25, -0.2) is 4.68 Å². The van der Waals surface area contributed by atoms with Crippen LogP contribution in [0.3, 0.4) is 0 Å². The quantitative estimate of drug-likeness (QED) is 0.332. The van der Waals surface area contributed by atoms with Crippen LogP contribution in [0.15, 0.2) is 60.7 Å². The van der Waals surface area contributed by atoms with E-state index in [1.165, 1.54) is 4.68 Å². The molecular weight excluding hydrogens is 464 g/mol. The standard InChI is InChI=1S/C27H25ClN4O3/c1-15-6-9-21(18(4)11-15)29-25(33)24-14-19-13-20(28)8-10-23(19)32(24)31-27(35)26(34)30-22-12-16(2)5-7-17(22)3/h5-14H,1-4H3,(H,29,33)(H,30,34)(H,31,35). The van der Waals surface area contributed by atoms with Crippen LogP contribution in [0.25, 0.3) is 10.9 Å². The summed E-state index contributed by atoms with van der Waals surface area (Å²) in [7, 11) is 0. The van der Waals surface area contributed by atoms with Crippen molar-refractivity contribution in [2.75, 3.05) is 16.1 Å². The molecule has 3 amide bonds. The fourth-order valence-corrected chi connectivity index (χ4v) is 4.00. The lowest BCUT2D eigenvalue weighted by Gasteiger charge is -2.14. The first kappa shape index (κ1) is 24.0. The monoisotopic (exact) mass is 488 g/mol. The van der Waals surface area contributed by atoms with Gasteiger partial charge in [0, 0.05) is 21.8 Å². The molecule has 3 aromatic carbocycles. The minimum Gasteiger partial charge on any atom is -0.320 e. The summed E-state index contributed by atoms with van der Waals surface area (Å²) in [6.45, 7) is 7.61. The number of nitrogens with one attached hydrogen (secondary N) is 3. The molecule has 3 N–H and O–H groups in total. The lowest BCUT2D eigenvalue weighted by Crippen LogP contribution is -2.36. The molecule has 1 aromatic heterocycles. The van der Waals surface area contributed by atoms with Crippen LogP contribution in [0.1, 0.15) is 32.7 Å². The lowest BCUT2D eigenvalue weighted by molar-refractivity contribution is -0.133. The zero-order valence-corrected chi connectivity index (χ0v) is 20.6. The molecule has 0 unspecified atom stereocenters. The average molecular weight is 489 g/mol. The molecule has 35 heavy (non-hydrogen) atoms. The summed E-state index contributed by atoms with van der Waals surface area (Å²) in [6, 6.07) is 17.9. The molecule has 4 aromatic rings. The van der Waals surface area contributed by atoms with Gasteiger partial charge in [-0.15, -0.1) is 0 Å². The molecule has 7 nitrogen and oxygen atoms in total. The fraction of sp³-hybridized carbons (Fsp3) is 0.148. The van der Waals surface area contributed by atoms with Gasteiger partial charge in [-0.1, -0.05) is 41.4 Å². The Morgan fingerprint density at radius 3 is 2.17 bits per heavy atom. The normalized spacial score (nSPS) is 10.8. The van der Waals surface area contributed by atoms with Gasteiger partial charge >= 0.3 is 11.8 Å². The van der Waals surface area contributed by atoms with Crippen molar-refractivity contribution in [1.82, 2.24) is 4.68 Å². The Labute approximate surface area is 208 Å². The van der Waals surface area contributed by atoms with E-state index in [4.69, 9.17) is 11.6 Å². The molecule has 4 rings (SSSR count). The number of fused-ring (bicyclic) bond motifs is 1. The molecule has 0 saturated carbocycles. The fourth-order valence-electron chi connectivity index (χ4n) is 3.82. The highest BCUT2D eigenvalue weighted by molar-refractivity contribution is 6.42. The second kappa shape index (κ2) is 9.64. The highest BCUT2D eigenvalue weighted by Gasteiger charge is 2.22. The highest BCUT2D eigenvalue weighted by atomic mass is 35.5. The summed E-state index contributed by atoms with van der Waals surface area (Å²) in [5, 5.41) is 6.64. The number of aromatic nitrogens is 1. The van der Waals surface area contributed by atoms with Gasteiger partial charge in [0.1, 0.15) is 5.69 Å². The first-order valence-corrected chi connectivity index (χ1v) is 11.4. The molecule has 0 fully saturated rings. The van der Waals surface area contributed by atoms with E-state index >= 15 is 0 Å². The smallest absolute Gasteiger partial charge is 0.320 e. The second-order valence-electron chi connectivity index (χ2n) is 8.55. The van der Waals surface area contributed by atoms with Gasteiger partial charge in [0.15, 0.2) is 0 Å². The molecule has 8 heteroatoms. The Morgan fingerprint density at radius 2 is 1.43 bits per heavy atom. The van der Waals surface area contributed by atoms with Gasteiger partial charge in [0.25, 0.3) is 5.91 Å². The molecular formula is C27H25ClN4O3. The third-order valence-corrected chi connectivity index (χ3v) is 5.92. The number of hydrogen-bond donors (Lipinski definition) is 3. The van der Waals surface area contributed by atoms with Crippen LogP contribution in [-0.4, -0.2) is 22.4 Å². The lowest BCUT2D eigenvalue weighted by atomic mass is 10.1. The molecule has 0 saturated heterocycles. The third-order valence-electron chi connectivity index (χ3n) is 5.69. The molecule has 0 radical (unpaired) electrons. The minimum atomic E-state index is -0.918. The van der Waals surface area contributed by atoms with Crippen molar-refractivity contribution in [2.24, 2.45) is 0 Å². The van der Waals surface area contributed by atoms with Crippen LogP contribution in [0.5, 0.6) is 0 Å². The van der Waals surface area contributed by atoms with E-state index in [2.05, 4.69) is 16.1 Å². The molecule has 0 atom stereocenters. The predicted octanol–water partition coefficient (Wildman–Crippen LogP) is 5.49. The average Bonchev–Trinajstić information content (AvgIpc) is 3.15. The van der Waals surface area contributed by atoms with Crippen LogP contribution in [-0.2, 0) is 9.59 Å². The number of carbonyl (C=O) groups excluding carboxylic acids is 3. The van der Waals surface area contributed by atoms with Crippen LogP contribution in [0.4, 0.5) is 11.4 Å². The maximum absolute atomic E-state index is 13.2. The van der Waals surface area contributed by atoms with Gasteiger partial charge in [-0.2, -0.15) is 0 Å². The number of benzene rings is 3. The Kier molecular flexibility index (Phi) is 6.62. The maximum atomic E-state index is 13.2. The number of halogens is 1. The van der Waals surface area contributed by atoms with Crippen molar-refractivity contribution in [3.63, 3.8) is 0 Å². The van der Waals surface area contributed by atoms with E-state index in [0.717, 1.165) is 22.3 Å². The van der Waals surface area contributed by atoms with Crippen LogP contribution >= 0.6 is 11.6 Å². The second-order valence-corrected chi connectivity index (χ2v) is 8.99. The van der Waals surface area contributed by atoms with Crippen LogP contribution < -0.4 is 16.1 Å². The maximum Gasteiger partial charge on any atom is 0.328 e. The number of hydrogen-bond acceptors (Lipinski definition) is 3. The third kappa shape index (κ3) is 5.20. The topological polar surface area (TPSA) is 92.2 Å². The zero-order valence-electron chi connectivity index (χ0n) is 19.8. The van der Waals surface area contributed by atoms with E-state index < -0.39 is 17.7 Å². The summed E-state index contributed by atoms with van der Waals surface area (Å²) >= 11 is 6.14. The number of aryl methyl sites for hydroxylation is 4. The number of carbonyl (C=O) groups is 3. The zero-order chi connectivity index (χ0) is 25.3. The number of rotatable bonds is 4. The molecule has 0 aliphatic carbocycles. The summed E-state index contributed by atoms with van der Waals surface area (Å²) in [4.78, 5) is 38.8. The Bertz CT molecular complexity index is 1490. The summed E-state index contributed by atoms with van der Waals surface area (Å²) in [5.41, 5.74) is 8.17. The predicted molar refractivity (Wildman–Crippen MR) is 140 cm³/mol. The van der Waals surface area contributed by atoms with Gasteiger partial charge in [-0.3, -0.25) is 19.8 Å². The van der Waals surface area contributed by atoms with Crippen LogP contribution in [0, 0.1) is 27.7 Å². The molecule has 0 bridgehead atoms. The van der Waals surface area contributed by atoms with Crippen molar-refractivity contribution >= 4 is 51.6 Å². The Balaban J connectivity index is 1.65. The van der Waals surface area contributed by atoms with E-state index in [1.54, 1.807) is 30.3 Å². The minimum absolute atomic E-state index is 0.148. The summed E-state index contributed by atoms with van der Waals surface area (Å²) in [5.74, 6) is -2.21. The number of nitrogens with zero attached hydrogens (tertiary/aromatic N) is 1. The summed E-state index contributed by atoms with van der Waals surface area (Å²) < 4.78 is 1.30. The molecule has 0 aliphatic rings. The molecule has 1 heterocycles. The Morgan fingerprint density at radius 1 is 0.714 bits per heavy atom. The van der Waals surface area contributed by atoms with Gasteiger partial charge < -0.3 is 10.6 Å². The Hall–Kier alpha value is -4.10. The molecule has 178 valence electrons. The molecule has 0 spiro atoms. The summed E-state index contributed by atoms with van der Waals surface area (Å²) in [6.07, 6.45) is 0. The highest BCUT2D eigenvalue weighted by Crippen LogP contribution is 2.24. The van der Waals surface area contributed by atoms with Crippen LogP contribution in [0.2, 0.25) is 5.02 Å². The largest absolute Gasteiger partial charge is 0.328 e. The van der Waals surface area contributed by atoms with E-state index in [1.807, 2.05) is 58.0 Å².